The van der Waals surface area contributed by atoms with Crippen molar-refractivity contribution in [2.75, 3.05) is 0 Å². The van der Waals surface area contributed by atoms with Gasteiger partial charge >= 0.3 is 0 Å². The number of fused-ring (bicyclic) bond motifs is 1. The zero-order chi connectivity index (χ0) is 18.0. The maximum Gasteiger partial charge on any atom is 0.275 e. The summed E-state index contributed by atoms with van der Waals surface area (Å²) in [6.07, 6.45) is 1.27. The van der Waals surface area contributed by atoms with E-state index < -0.39 is 5.91 Å². The van der Waals surface area contributed by atoms with Crippen molar-refractivity contribution in [3.63, 3.8) is 0 Å². The molecule has 25 heavy (non-hydrogen) atoms. The van der Waals surface area contributed by atoms with Crippen molar-refractivity contribution < 1.29 is 15.0 Å². The molecule has 3 rings (SSSR count). The van der Waals surface area contributed by atoms with E-state index in [0.29, 0.717) is 15.1 Å². The number of hydrogen-bond donors (Lipinski definition) is 3. The van der Waals surface area contributed by atoms with Crippen molar-refractivity contribution in [3.05, 3.63) is 69.2 Å². The molecule has 0 bridgehead atoms. The number of aromatic hydroxyl groups is 2. The van der Waals surface area contributed by atoms with Gasteiger partial charge in [0, 0.05) is 10.6 Å². The van der Waals surface area contributed by atoms with Gasteiger partial charge in [-0.25, -0.2) is 5.43 Å². The largest absolute Gasteiger partial charge is 0.507 e. The number of benzene rings is 3. The fraction of sp³-hybridized carbons (Fsp3) is 0. The second kappa shape index (κ2) is 7.13. The molecule has 0 radical (unpaired) electrons. The van der Waals surface area contributed by atoms with Crippen LogP contribution in [-0.2, 0) is 0 Å². The molecule has 3 aromatic carbocycles. The summed E-state index contributed by atoms with van der Waals surface area (Å²) in [6, 6.07) is 13.5. The first kappa shape index (κ1) is 17.3. The Bertz CT molecular complexity index is 1010. The summed E-state index contributed by atoms with van der Waals surface area (Å²) in [5.41, 5.74) is 2.76. The van der Waals surface area contributed by atoms with Crippen LogP contribution >= 0.6 is 27.5 Å². The highest BCUT2D eigenvalue weighted by Crippen LogP contribution is 2.30. The van der Waals surface area contributed by atoms with Crippen molar-refractivity contribution in [2.24, 2.45) is 5.10 Å². The minimum Gasteiger partial charge on any atom is -0.507 e. The molecule has 0 aliphatic heterocycles. The average Bonchev–Trinajstić information content (AvgIpc) is 2.58. The Morgan fingerprint density at radius 1 is 1.12 bits per heavy atom. The Labute approximate surface area is 156 Å². The van der Waals surface area contributed by atoms with E-state index in [1.807, 2.05) is 24.3 Å². The van der Waals surface area contributed by atoms with Crippen LogP contribution in [0.2, 0.25) is 5.02 Å². The third-order valence-corrected chi connectivity index (χ3v) is 4.36. The second-order valence-electron chi connectivity index (χ2n) is 5.24. The predicted octanol–water partition coefficient (Wildman–Crippen LogP) is 4.43. The van der Waals surface area contributed by atoms with Gasteiger partial charge in [-0.05, 0) is 51.0 Å². The highest BCUT2D eigenvalue weighted by atomic mass is 79.9. The second-order valence-corrected chi connectivity index (χ2v) is 6.53. The quantitative estimate of drug-likeness (QED) is 0.434. The molecule has 0 aliphatic carbocycles. The van der Waals surface area contributed by atoms with E-state index in [1.54, 1.807) is 12.1 Å². The third kappa shape index (κ3) is 3.75. The zero-order valence-electron chi connectivity index (χ0n) is 12.7. The SMILES string of the molecule is O=C(N/N=C/c1cc(Cl)cc(Br)c1O)c1cc2ccccc2cc1O. The van der Waals surface area contributed by atoms with Crippen LogP contribution in [0.15, 0.2) is 58.1 Å². The first-order valence-corrected chi connectivity index (χ1v) is 8.36. The van der Waals surface area contributed by atoms with E-state index >= 15 is 0 Å². The Hall–Kier alpha value is -2.57. The first-order valence-electron chi connectivity index (χ1n) is 7.19. The molecule has 3 aromatic rings. The van der Waals surface area contributed by atoms with Crippen LogP contribution in [0.5, 0.6) is 11.5 Å². The van der Waals surface area contributed by atoms with Gasteiger partial charge in [0.2, 0.25) is 0 Å². The number of nitrogens with zero attached hydrogens (tertiary/aromatic N) is 1. The number of rotatable bonds is 3. The normalized spacial score (nSPS) is 11.1. The number of carbonyl (C=O) groups excluding carboxylic acids is 1. The minimum absolute atomic E-state index is 0.0454. The van der Waals surface area contributed by atoms with E-state index in [9.17, 15) is 15.0 Å². The molecule has 1 amide bonds. The molecule has 0 unspecified atom stereocenters. The number of amides is 1. The molecule has 7 heteroatoms. The first-order chi connectivity index (χ1) is 12.0. The fourth-order valence-electron chi connectivity index (χ4n) is 2.32. The van der Waals surface area contributed by atoms with Crippen LogP contribution < -0.4 is 5.43 Å². The summed E-state index contributed by atoms with van der Waals surface area (Å²) >= 11 is 9.08. The lowest BCUT2D eigenvalue weighted by Gasteiger charge is -2.06. The van der Waals surface area contributed by atoms with Gasteiger partial charge < -0.3 is 10.2 Å². The topological polar surface area (TPSA) is 81.9 Å². The summed E-state index contributed by atoms with van der Waals surface area (Å²) in [5.74, 6) is -0.754. The number of hydrogen-bond acceptors (Lipinski definition) is 4. The predicted molar refractivity (Wildman–Crippen MR) is 101 cm³/mol. The molecule has 0 aromatic heterocycles. The summed E-state index contributed by atoms with van der Waals surface area (Å²) in [5, 5.41) is 25.8. The van der Waals surface area contributed by atoms with E-state index in [4.69, 9.17) is 11.6 Å². The lowest BCUT2D eigenvalue weighted by Crippen LogP contribution is -2.17. The highest BCUT2D eigenvalue weighted by molar-refractivity contribution is 9.10. The van der Waals surface area contributed by atoms with Gasteiger partial charge in [0.05, 0.1) is 16.3 Å². The Morgan fingerprint density at radius 3 is 2.52 bits per heavy atom. The number of hydrazone groups is 1. The summed E-state index contributed by atoms with van der Waals surface area (Å²) in [6.45, 7) is 0. The zero-order valence-corrected chi connectivity index (χ0v) is 15.0. The highest BCUT2D eigenvalue weighted by Gasteiger charge is 2.12. The number of nitrogens with one attached hydrogen (secondary N) is 1. The van der Waals surface area contributed by atoms with Gasteiger partial charge in [-0.1, -0.05) is 35.9 Å². The van der Waals surface area contributed by atoms with Crippen LogP contribution in [0.3, 0.4) is 0 Å². The Balaban J connectivity index is 1.82. The number of phenolic OH excluding ortho intramolecular Hbond substituents is 2. The Kier molecular flexibility index (Phi) is 4.92. The molecule has 0 spiro atoms. The molecule has 0 atom stereocenters. The molecule has 0 fully saturated rings. The summed E-state index contributed by atoms with van der Waals surface area (Å²) < 4.78 is 0.417. The Morgan fingerprint density at radius 2 is 1.80 bits per heavy atom. The van der Waals surface area contributed by atoms with Gasteiger partial charge in [0.25, 0.3) is 5.91 Å². The molecule has 3 N–H and O–H groups in total. The van der Waals surface area contributed by atoms with Crippen molar-refractivity contribution >= 4 is 50.4 Å². The van der Waals surface area contributed by atoms with Crippen molar-refractivity contribution in [1.29, 1.82) is 0 Å². The third-order valence-electron chi connectivity index (χ3n) is 3.54. The molecular weight excluding hydrogens is 408 g/mol. The van der Waals surface area contributed by atoms with Gasteiger partial charge in [-0.15, -0.1) is 0 Å². The lowest BCUT2D eigenvalue weighted by molar-refractivity contribution is 0.0952. The molecule has 0 aliphatic rings. The van der Waals surface area contributed by atoms with Gasteiger partial charge in [0.1, 0.15) is 11.5 Å². The van der Waals surface area contributed by atoms with Gasteiger partial charge in [0.15, 0.2) is 0 Å². The fourth-order valence-corrected chi connectivity index (χ4v) is 3.15. The number of halogens is 2. The summed E-state index contributed by atoms with van der Waals surface area (Å²) in [4.78, 5) is 12.2. The minimum atomic E-state index is -0.569. The van der Waals surface area contributed by atoms with Crippen LogP contribution in [-0.4, -0.2) is 22.3 Å². The number of carbonyl (C=O) groups is 1. The maximum absolute atomic E-state index is 12.2. The van der Waals surface area contributed by atoms with Gasteiger partial charge in [-0.2, -0.15) is 5.10 Å². The van der Waals surface area contributed by atoms with Crippen LogP contribution in [0.4, 0.5) is 0 Å². The standard InChI is InChI=1S/C18H12BrClN2O3/c19-15-8-13(20)5-12(17(15)24)9-21-22-18(25)14-6-10-3-1-2-4-11(10)7-16(14)23/h1-9,23-24H,(H,22,25)/b21-9+. The summed E-state index contributed by atoms with van der Waals surface area (Å²) in [7, 11) is 0. The molecule has 0 saturated heterocycles. The van der Waals surface area contributed by atoms with Crippen LogP contribution in [0.1, 0.15) is 15.9 Å². The van der Waals surface area contributed by atoms with E-state index in [1.165, 1.54) is 18.3 Å². The van der Waals surface area contributed by atoms with E-state index in [2.05, 4.69) is 26.5 Å². The van der Waals surface area contributed by atoms with Gasteiger partial charge in [-0.3, -0.25) is 4.79 Å². The molecular formula is C18H12BrClN2O3. The monoisotopic (exact) mass is 418 g/mol. The molecule has 0 saturated carbocycles. The van der Waals surface area contributed by atoms with E-state index in [-0.39, 0.29) is 17.1 Å². The van der Waals surface area contributed by atoms with Crippen molar-refractivity contribution in [1.82, 2.24) is 5.43 Å². The lowest BCUT2D eigenvalue weighted by atomic mass is 10.1. The van der Waals surface area contributed by atoms with E-state index in [0.717, 1.165) is 10.8 Å². The molecule has 126 valence electrons. The van der Waals surface area contributed by atoms with Crippen molar-refractivity contribution in [2.45, 2.75) is 0 Å². The van der Waals surface area contributed by atoms with Crippen LogP contribution in [0, 0.1) is 0 Å². The average molecular weight is 420 g/mol. The maximum atomic E-state index is 12.2. The van der Waals surface area contributed by atoms with Crippen molar-refractivity contribution in [3.8, 4) is 11.5 Å². The smallest absolute Gasteiger partial charge is 0.275 e. The molecule has 0 heterocycles. The van der Waals surface area contributed by atoms with Crippen LogP contribution in [0.25, 0.3) is 10.8 Å². The molecule has 5 nitrogen and oxygen atoms in total. The number of phenols is 2.